The average Bonchev–Trinajstić information content (AvgIpc) is 2.82. The second kappa shape index (κ2) is 11.8. The minimum Gasteiger partial charge on any atom is -0.494 e. The zero-order chi connectivity index (χ0) is 23.6. The molecule has 0 bridgehead atoms. The summed E-state index contributed by atoms with van der Waals surface area (Å²) in [6.45, 7) is 4.71. The first-order valence-electron chi connectivity index (χ1n) is 10.3. The number of esters is 1. The van der Waals surface area contributed by atoms with E-state index in [0.717, 1.165) is 4.47 Å². The van der Waals surface area contributed by atoms with Gasteiger partial charge < -0.3 is 14.2 Å². The number of ether oxygens (including phenoxy) is 3. The summed E-state index contributed by atoms with van der Waals surface area (Å²) in [5.74, 6) is 0.500. The molecule has 8 heteroatoms. The fraction of sp³-hybridized carbons (Fsp3) is 0.160. The molecule has 0 saturated carbocycles. The molecule has 0 heterocycles. The summed E-state index contributed by atoms with van der Waals surface area (Å²) >= 11 is 3.39. The molecule has 0 radical (unpaired) electrons. The lowest BCUT2D eigenvalue weighted by Gasteiger charge is -2.09. The molecule has 33 heavy (non-hydrogen) atoms. The summed E-state index contributed by atoms with van der Waals surface area (Å²) in [6, 6.07) is 18.7. The van der Waals surface area contributed by atoms with Crippen LogP contribution in [0.3, 0.4) is 0 Å². The monoisotopic (exact) mass is 510 g/mol. The summed E-state index contributed by atoms with van der Waals surface area (Å²) in [4.78, 5) is 25.1. The Kier molecular flexibility index (Phi) is 8.60. The molecule has 1 amide bonds. The third-order valence-corrected chi connectivity index (χ3v) is 4.87. The van der Waals surface area contributed by atoms with Crippen molar-refractivity contribution in [3.63, 3.8) is 0 Å². The maximum Gasteiger partial charge on any atom is 0.343 e. The Morgan fingerprint density at radius 3 is 2.39 bits per heavy atom. The van der Waals surface area contributed by atoms with Crippen LogP contribution < -0.4 is 19.6 Å². The van der Waals surface area contributed by atoms with Crippen molar-refractivity contribution in [1.82, 2.24) is 5.43 Å². The van der Waals surface area contributed by atoms with Crippen molar-refractivity contribution >= 4 is 34.0 Å². The van der Waals surface area contributed by atoms with Crippen LogP contribution in [0.4, 0.5) is 0 Å². The summed E-state index contributed by atoms with van der Waals surface area (Å²) in [5, 5.41) is 4.02. The molecule has 1 N–H and O–H groups in total. The van der Waals surface area contributed by atoms with Crippen LogP contribution >= 0.6 is 15.9 Å². The molecule has 0 aliphatic carbocycles. The van der Waals surface area contributed by atoms with E-state index in [-0.39, 0.29) is 0 Å². The van der Waals surface area contributed by atoms with E-state index >= 15 is 0 Å². The van der Waals surface area contributed by atoms with E-state index in [2.05, 4.69) is 26.5 Å². The molecule has 3 aromatic rings. The van der Waals surface area contributed by atoms with Gasteiger partial charge in [-0.1, -0.05) is 28.1 Å². The van der Waals surface area contributed by atoms with Crippen molar-refractivity contribution in [2.75, 3.05) is 13.2 Å². The van der Waals surface area contributed by atoms with E-state index in [0.29, 0.717) is 47.2 Å². The van der Waals surface area contributed by atoms with Gasteiger partial charge in [-0.25, -0.2) is 10.2 Å². The maximum atomic E-state index is 12.6. The fourth-order valence-electron chi connectivity index (χ4n) is 2.88. The topological polar surface area (TPSA) is 86.2 Å². The number of hydrogen-bond acceptors (Lipinski definition) is 6. The predicted octanol–water partition coefficient (Wildman–Crippen LogP) is 5.23. The Hall–Kier alpha value is -3.65. The van der Waals surface area contributed by atoms with Gasteiger partial charge in [-0.3, -0.25) is 4.79 Å². The first-order chi connectivity index (χ1) is 16.0. The van der Waals surface area contributed by atoms with Crippen molar-refractivity contribution in [1.29, 1.82) is 0 Å². The standard InChI is InChI=1S/C25H23BrN2O5/c1-3-31-20-12-9-17(10-13-20)25(30)33-22-14-11-19(26)15-18(22)16-27-28-24(29)21-7-5-6-8-23(21)32-4-2/h5-16H,3-4H2,1-2H3,(H,28,29)/b27-16+. The average molecular weight is 511 g/mol. The number of nitrogens with zero attached hydrogens (tertiary/aromatic N) is 1. The van der Waals surface area contributed by atoms with Gasteiger partial charge in [0.2, 0.25) is 0 Å². The van der Waals surface area contributed by atoms with Crippen molar-refractivity contribution < 1.29 is 23.8 Å². The first kappa shape index (κ1) is 24.0. The van der Waals surface area contributed by atoms with Crippen LogP contribution in [-0.2, 0) is 0 Å². The summed E-state index contributed by atoms with van der Waals surface area (Å²) in [7, 11) is 0. The SMILES string of the molecule is CCOc1ccc(C(=O)Oc2ccc(Br)cc2/C=N/NC(=O)c2ccccc2OCC)cc1. The van der Waals surface area contributed by atoms with Gasteiger partial charge in [-0.2, -0.15) is 5.10 Å². The zero-order valence-corrected chi connectivity index (χ0v) is 19.8. The highest BCUT2D eigenvalue weighted by molar-refractivity contribution is 9.10. The molecule has 170 valence electrons. The van der Waals surface area contributed by atoms with Crippen molar-refractivity contribution in [2.24, 2.45) is 5.10 Å². The van der Waals surface area contributed by atoms with Crippen LogP contribution in [0.5, 0.6) is 17.2 Å². The van der Waals surface area contributed by atoms with Crippen LogP contribution in [0.15, 0.2) is 76.3 Å². The fourth-order valence-corrected chi connectivity index (χ4v) is 3.26. The second-order valence-corrected chi connectivity index (χ2v) is 7.57. The second-order valence-electron chi connectivity index (χ2n) is 6.66. The molecule has 7 nitrogen and oxygen atoms in total. The Bertz CT molecular complexity index is 1150. The number of hydrogen-bond donors (Lipinski definition) is 1. The van der Waals surface area contributed by atoms with Gasteiger partial charge >= 0.3 is 5.97 Å². The summed E-state index contributed by atoms with van der Waals surface area (Å²) < 4.78 is 17.2. The Morgan fingerprint density at radius 1 is 0.939 bits per heavy atom. The minimum atomic E-state index is -0.523. The third kappa shape index (κ3) is 6.66. The summed E-state index contributed by atoms with van der Waals surface area (Å²) in [6.07, 6.45) is 1.41. The quantitative estimate of drug-likeness (QED) is 0.184. The van der Waals surface area contributed by atoms with Crippen LogP contribution in [0.1, 0.15) is 40.1 Å². The van der Waals surface area contributed by atoms with Gasteiger partial charge in [0, 0.05) is 10.0 Å². The van der Waals surface area contributed by atoms with Crippen molar-refractivity contribution in [2.45, 2.75) is 13.8 Å². The van der Waals surface area contributed by atoms with Crippen molar-refractivity contribution in [3.05, 3.63) is 87.9 Å². The molecule has 0 spiro atoms. The molecule has 3 aromatic carbocycles. The Balaban J connectivity index is 1.72. The highest BCUT2D eigenvalue weighted by atomic mass is 79.9. The number of hydrazone groups is 1. The van der Waals surface area contributed by atoms with Crippen LogP contribution in [0, 0.1) is 0 Å². The van der Waals surface area contributed by atoms with Crippen molar-refractivity contribution in [3.8, 4) is 17.2 Å². The number of halogens is 1. The largest absolute Gasteiger partial charge is 0.494 e. The molecule has 0 aliphatic rings. The summed E-state index contributed by atoms with van der Waals surface area (Å²) in [5.41, 5.74) is 3.73. The number of carbonyl (C=O) groups is 2. The van der Waals surface area contributed by atoms with E-state index < -0.39 is 11.9 Å². The molecule has 3 rings (SSSR count). The molecule has 0 fully saturated rings. The van der Waals surface area contributed by atoms with E-state index in [9.17, 15) is 9.59 Å². The number of para-hydroxylation sites is 1. The number of rotatable bonds is 9. The predicted molar refractivity (Wildman–Crippen MR) is 129 cm³/mol. The zero-order valence-electron chi connectivity index (χ0n) is 18.2. The maximum absolute atomic E-state index is 12.6. The van der Waals surface area contributed by atoms with Crippen LogP contribution in [-0.4, -0.2) is 31.3 Å². The highest BCUT2D eigenvalue weighted by Gasteiger charge is 2.13. The normalized spacial score (nSPS) is 10.6. The van der Waals surface area contributed by atoms with Gasteiger partial charge in [0.15, 0.2) is 0 Å². The molecule has 0 saturated heterocycles. The molecule has 0 atom stereocenters. The number of benzene rings is 3. The lowest BCUT2D eigenvalue weighted by molar-refractivity contribution is 0.0734. The first-order valence-corrected chi connectivity index (χ1v) is 11.1. The van der Waals surface area contributed by atoms with E-state index in [4.69, 9.17) is 14.2 Å². The lowest BCUT2D eigenvalue weighted by atomic mass is 10.2. The lowest BCUT2D eigenvalue weighted by Crippen LogP contribution is -2.19. The molecule has 0 aliphatic heterocycles. The van der Waals surface area contributed by atoms with Crippen LogP contribution in [0.2, 0.25) is 0 Å². The van der Waals surface area contributed by atoms with E-state index in [1.54, 1.807) is 66.7 Å². The van der Waals surface area contributed by atoms with Gasteiger partial charge in [0.05, 0.1) is 30.6 Å². The number of carbonyl (C=O) groups excluding carboxylic acids is 2. The van der Waals surface area contributed by atoms with E-state index in [1.807, 2.05) is 13.8 Å². The van der Waals surface area contributed by atoms with Gasteiger partial charge in [0.25, 0.3) is 5.91 Å². The molecular formula is C25H23BrN2O5. The van der Waals surface area contributed by atoms with Crippen LogP contribution in [0.25, 0.3) is 0 Å². The minimum absolute atomic E-state index is 0.296. The van der Waals surface area contributed by atoms with E-state index in [1.165, 1.54) is 6.21 Å². The number of amides is 1. The molecule has 0 unspecified atom stereocenters. The number of nitrogens with one attached hydrogen (secondary N) is 1. The molecular weight excluding hydrogens is 488 g/mol. The molecule has 0 aromatic heterocycles. The Labute approximate surface area is 200 Å². The van der Waals surface area contributed by atoms with Gasteiger partial charge in [-0.05, 0) is 68.4 Å². The smallest absolute Gasteiger partial charge is 0.343 e. The third-order valence-electron chi connectivity index (χ3n) is 4.38. The van der Waals surface area contributed by atoms with Gasteiger partial charge in [0.1, 0.15) is 17.2 Å². The van der Waals surface area contributed by atoms with Gasteiger partial charge in [-0.15, -0.1) is 0 Å². The Morgan fingerprint density at radius 2 is 1.67 bits per heavy atom. The highest BCUT2D eigenvalue weighted by Crippen LogP contribution is 2.23.